The third-order valence-corrected chi connectivity index (χ3v) is 5.75. The number of benzene rings is 2. The van der Waals surface area contributed by atoms with Crippen LogP contribution in [0, 0.1) is 6.92 Å². The molecule has 0 aliphatic carbocycles. The van der Waals surface area contributed by atoms with Crippen LogP contribution < -0.4 is 15.1 Å². The molecule has 0 spiro atoms. The average Bonchev–Trinajstić information content (AvgIpc) is 2.74. The molecule has 10 heteroatoms. The van der Waals surface area contributed by atoms with Crippen molar-refractivity contribution in [3.05, 3.63) is 62.5 Å². The minimum atomic E-state index is -5.00. The van der Waals surface area contributed by atoms with Gasteiger partial charge in [-0.2, -0.15) is 13.2 Å². The normalized spacial score (nSPS) is 15.3. The van der Waals surface area contributed by atoms with Crippen LogP contribution in [0.25, 0.3) is 11.0 Å². The second kappa shape index (κ2) is 8.65. The lowest BCUT2D eigenvalue weighted by Crippen LogP contribution is -3.12. The number of morpholine rings is 1. The lowest BCUT2D eigenvalue weighted by molar-refractivity contribution is -0.921. The van der Waals surface area contributed by atoms with Crippen LogP contribution in [0.4, 0.5) is 13.2 Å². The van der Waals surface area contributed by atoms with Crippen molar-refractivity contribution >= 4 is 22.6 Å². The molecule has 32 heavy (non-hydrogen) atoms. The molecule has 4 rings (SSSR count). The van der Waals surface area contributed by atoms with Gasteiger partial charge in [0, 0.05) is 5.02 Å². The van der Waals surface area contributed by atoms with Gasteiger partial charge in [-0.05, 0) is 42.8 Å². The second-order valence-electron chi connectivity index (χ2n) is 7.58. The first-order valence-corrected chi connectivity index (χ1v) is 10.3. The summed E-state index contributed by atoms with van der Waals surface area (Å²) in [7, 11) is 0. The Labute approximate surface area is 185 Å². The lowest BCUT2D eigenvalue weighted by Gasteiger charge is -2.24. The molecule has 1 saturated heterocycles. The molecule has 6 nitrogen and oxygen atoms in total. The molecule has 2 N–H and O–H groups in total. The largest absolute Gasteiger partial charge is 0.507 e. The van der Waals surface area contributed by atoms with Crippen LogP contribution in [0.1, 0.15) is 16.9 Å². The number of aromatic hydroxyl groups is 1. The van der Waals surface area contributed by atoms with E-state index in [1.165, 1.54) is 30.3 Å². The van der Waals surface area contributed by atoms with Crippen LogP contribution in [0.2, 0.25) is 5.02 Å². The number of quaternary nitrogens is 1. The molecule has 0 radical (unpaired) electrons. The van der Waals surface area contributed by atoms with Gasteiger partial charge in [0.05, 0.1) is 24.2 Å². The summed E-state index contributed by atoms with van der Waals surface area (Å²) in [4.78, 5) is 14.1. The molecule has 0 atom stereocenters. The van der Waals surface area contributed by atoms with Gasteiger partial charge in [-0.15, -0.1) is 0 Å². The summed E-state index contributed by atoms with van der Waals surface area (Å²) in [6, 6.07) is 6.76. The summed E-state index contributed by atoms with van der Waals surface area (Å²) in [5.41, 5.74) is -0.579. The summed E-state index contributed by atoms with van der Waals surface area (Å²) in [6.07, 6.45) is -5.00. The maximum Gasteiger partial charge on any atom is 0.453 e. The van der Waals surface area contributed by atoms with E-state index in [1.54, 1.807) is 6.92 Å². The molecule has 170 valence electrons. The van der Waals surface area contributed by atoms with Crippen LogP contribution in [-0.4, -0.2) is 31.4 Å². The standard InChI is InChI=1S/C22H19ClF3NO5/c1-12-10-13(2-4-16(12)23)31-20-18(29)14-3-5-17(28)15(11-27-6-8-30-9-7-27)19(14)32-21(20)22(24,25)26/h2-5,10,28H,6-9,11H2,1H3/p+1. The number of phenolic OH excluding ortho intramolecular Hbond substituents is 1. The monoisotopic (exact) mass is 470 g/mol. The zero-order chi connectivity index (χ0) is 23.0. The number of aryl methyl sites for hydroxylation is 1. The minimum Gasteiger partial charge on any atom is -0.507 e. The van der Waals surface area contributed by atoms with Crippen molar-refractivity contribution in [3.63, 3.8) is 0 Å². The minimum absolute atomic E-state index is 0.0146. The Bertz CT molecular complexity index is 1220. The van der Waals surface area contributed by atoms with Crippen molar-refractivity contribution in [2.45, 2.75) is 19.6 Å². The van der Waals surface area contributed by atoms with Gasteiger partial charge in [0.15, 0.2) is 5.58 Å². The summed E-state index contributed by atoms with van der Waals surface area (Å²) >= 11 is 5.96. The van der Waals surface area contributed by atoms with Gasteiger partial charge >= 0.3 is 6.18 Å². The van der Waals surface area contributed by atoms with Crippen molar-refractivity contribution in [1.29, 1.82) is 0 Å². The van der Waals surface area contributed by atoms with Crippen molar-refractivity contribution < 1.29 is 37.1 Å². The van der Waals surface area contributed by atoms with E-state index in [1.807, 2.05) is 0 Å². The first kappa shape index (κ1) is 22.4. The quantitative estimate of drug-likeness (QED) is 0.608. The fourth-order valence-corrected chi connectivity index (χ4v) is 3.74. The van der Waals surface area contributed by atoms with E-state index >= 15 is 0 Å². The Balaban J connectivity index is 1.87. The lowest BCUT2D eigenvalue weighted by atomic mass is 10.1. The fraction of sp³-hybridized carbons (Fsp3) is 0.318. The Morgan fingerprint density at radius 3 is 2.56 bits per heavy atom. The van der Waals surface area contributed by atoms with Gasteiger partial charge in [0.25, 0.3) is 5.76 Å². The molecule has 1 aliphatic rings. The zero-order valence-electron chi connectivity index (χ0n) is 17.0. The van der Waals surface area contributed by atoms with E-state index in [4.69, 9.17) is 25.5 Å². The summed E-state index contributed by atoms with van der Waals surface area (Å²) in [5.74, 6) is -2.76. The van der Waals surface area contributed by atoms with Gasteiger partial charge in [0.1, 0.15) is 31.1 Å². The van der Waals surface area contributed by atoms with Crippen LogP contribution in [-0.2, 0) is 17.5 Å². The van der Waals surface area contributed by atoms with E-state index in [2.05, 4.69) is 0 Å². The van der Waals surface area contributed by atoms with E-state index in [9.17, 15) is 23.1 Å². The number of alkyl halides is 3. The highest BCUT2D eigenvalue weighted by molar-refractivity contribution is 6.31. The molecule has 0 amide bonds. The maximum atomic E-state index is 13.9. The van der Waals surface area contributed by atoms with E-state index in [0.29, 0.717) is 36.9 Å². The molecule has 0 unspecified atom stereocenters. The Kier molecular flexibility index (Phi) is 6.07. The van der Waals surface area contributed by atoms with E-state index in [-0.39, 0.29) is 34.6 Å². The van der Waals surface area contributed by atoms with Gasteiger partial charge in [-0.3, -0.25) is 4.79 Å². The first-order valence-electron chi connectivity index (χ1n) is 9.89. The summed E-state index contributed by atoms with van der Waals surface area (Å²) in [5, 5.41) is 10.6. The van der Waals surface area contributed by atoms with Gasteiger partial charge < -0.3 is 23.9 Å². The SMILES string of the molecule is Cc1cc(Oc2c(C(F)(F)F)oc3c(C[NH+]4CCOCC4)c(O)ccc3c2=O)ccc1Cl. The molecular formula is C22H20ClF3NO5+. The highest BCUT2D eigenvalue weighted by Crippen LogP contribution is 2.40. The maximum absolute atomic E-state index is 13.9. The summed E-state index contributed by atoms with van der Waals surface area (Å²) < 4.78 is 57.5. The number of rotatable bonds is 4. The van der Waals surface area contributed by atoms with E-state index < -0.39 is 23.1 Å². The number of hydrogen-bond donors (Lipinski definition) is 2. The van der Waals surface area contributed by atoms with Crippen LogP contribution in [0.3, 0.4) is 0 Å². The molecule has 3 aromatic rings. The smallest absolute Gasteiger partial charge is 0.453 e. The molecular weight excluding hydrogens is 451 g/mol. The topological polar surface area (TPSA) is 73.3 Å². The van der Waals surface area contributed by atoms with Gasteiger partial charge in [-0.1, -0.05) is 11.6 Å². The van der Waals surface area contributed by atoms with Crippen LogP contribution >= 0.6 is 11.6 Å². The molecule has 2 heterocycles. The fourth-order valence-electron chi connectivity index (χ4n) is 3.62. The summed E-state index contributed by atoms with van der Waals surface area (Å²) in [6.45, 7) is 4.07. The zero-order valence-corrected chi connectivity index (χ0v) is 17.8. The third kappa shape index (κ3) is 4.41. The van der Waals surface area contributed by atoms with Crippen LogP contribution in [0.5, 0.6) is 17.2 Å². The molecule has 1 fully saturated rings. The third-order valence-electron chi connectivity index (χ3n) is 5.33. The van der Waals surface area contributed by atoms with Gasteiger partial charge in [-0.25, -0.2) is 0 Å². The first-order chi connectivity index (χ1) is 15.1. The molecule has 1 aromatic heterocycles. The second-order valence-corrected chi connectivity index (χ2v) is 7.99. The van der Waals surface area contributed by atoms with Crippen LogP contribution in [0.15, 0.2) is 39.5 Å². The Morgan fingerprint density at radius 2 is 1.91 bits per heavy atom. The molecule has 0 bridgehead atoms. The van der Waals surface area contributed by atoms with Gasteiger partial charge in [0.2, 0.25) is 11.2 Å². The van der Waals surface area contributed by atoms with Crippen molar-refractivity contribution in [2.24, 2.45) is 0 Å². The van der Waals surface area contributed by atoms with E-state index in [0.717, 1.165) is 4.90 Å². The molecule has 2 aromatic carbocycles. The highest BCUT2D eigenvalue weighted by Gasteiger charge is 2.41. The van der Waals surface area contributed by atoms with Crippen molar-refractivity contribution in [2.75, 3.05) is 26.3 Å². The Hall–Kier alpha value is -2.75. The van der Waals surface area contributed by atoms with Crippen molar-refractivity contribution in [3.8, 4) is 17.2 Å². The number of fused-ring (bicyclic) bond motifs is 1. The Morgan fingerprint density at radius 1 is 1.19 bits per heavy atom. The van der Waals surface area contributed by atoms with Crippen molar-refractivity contribution in [1.82, 2.24) is 0 Å². The number of halogens is 4. The highest BCUT2D eigenvalue weighted by atomic mass is 35.5. The number of nitrogens with one attached hydrogen (secondary N) is 1. The molecule has 1 aliphatic heterocycles. The number of hydrogen-bond acceptors (Lipinski definition) is 5. The number of ether oxygens (including phenoxy) is 2. The predicted octanol–water partition coefficient (Wildman–Crippen LogP) is 3.69. The molecule has 0 saturated carbocycles. The predicted molar refractivity (Wildman–Crippen MR) is 111 cm³/mol. The average molecular weight is 471 g/mol. The number of phenols is 1.